The van der Waals surface area contributed by atoms with Crippen molar-refractivity contribution in [2.45, 2.75) is 33.3 Å². The van der Waals surface area contributed by atoms with Crippen LogP contribution in [0, 0.1) is 17.5 Å². The predicted molar refractivity (Wildman–Crippen MR) is 99.8 cm³/mol. The Morgan fingerprint density at radius 3 is 2.25 bits per heavy atom. The van der Waals surface area contributed by atoms with Crippen molar-refractivity contribution in [3.8, 4) is 5.75 Å². The van der Waals surface area contributed by atoms with E-state index in [-0.39, 0.29) is 25.0 Å². The molecule has 0 aliphatic heterocycles. The third-order valence-corrected chi connectivity index (χ3v) is 3.77. The minimum atomic E-state index is -1.66. The van der Waals surface area contributed by atoms with E-state index in [0.717, 1.165) is 12.1 Å². The Balaban J connectivity index is 2.02. The molecule has 0 bridgehead atoms. The standard InChI is InChI=1S/C20H21F3N2O3/c1-12(2)28-15-6-4-14(5-7-15)25(13(3)26)11-10-18(27)24-17-9-8-16(21)19(22)20(17)23/h4-9,12H,10-11H2,1-3H3,(H,24,27). The molecule has 0 aliphatic carbocycles. The zero-order valence-electron chi connectivity index (χ0n) is 15.8. The third kappa shape index (κ3) is 5.48. The van der Waals surface area contributed by atoms with Crippen LogP contribution < -0.4 is 15.0 Å². The molecule has 8 heteroatoms. The van der Waals surface area contributed by atoms with Crippen LogP contribution in [0.15, 0.2) is 36.4 Å². The van der Waals surface area contributed by atoms with Gasteiger partial charge in [0.25, 0.3) is 0 Å². The van der Waals surface area contributed by atoms with E-state index in [0.29, 0.717) is 11.4 Å². The fourth-order valence-corrected chi connectivity index (χ4v) is 2.49. The van der Waals surface area contributed by atoms with E-state index in [1.165, 1.54) is 11.8 Å². The summed E-state index contributed by atoms with van der Waals surface area (Å²) in [7, 11) is 0. The van der Waals surface area contributed by atoms with Crippen LogP contribution in [0.25, 0.3) is 0 Å². The van der Waals surface area contributed by atoms with Crippen LogP contribution in [0.2, 0.25) is 0 Å². The number of nitrogens with one attached hydrogen (secondary N) is 1. The smallest absolute Gasteiger partial charge is 0.226 e. The maximum absolute atomic E-state index is 13.6. The van der Waals surface area contributed by atoms with Crippen molar-refractivity contribution in [3.05, 3.63) is 53.8 Å². The molecule has 2 aromatic rings. The summed E-state index contributed by atoms with van der Waals surface area (Å²) >= 11 is 0. The van der Waals surface area contributed by atoms with Gasteiger partial charge in [-0.15, -0.1) is 0 Å². The van der Waals surface area contributed by atoms with Crippen molar-refractivity contribution in [1.82, 2.24) is 0 Å². The molecule has 0 fully saturated rings. The molecule has 0 spiro atoms. The second kappa shape index (κ2) is 9.25. The van der Waals surface area contributed by atoms with Crippen LogP contribution in [-0.2, 0) is 9.59 Å². The molecule has 0 saturated carbocycles. The van der Waals surface area contributed by atoms with Crippen molar-refractivity contribution >= 4 is 23.2 Å². The molecule has 0 unspecified atom stereocenters. The van der Waals surface area contributed by atoms with Crippen molar-refractivity contribution in [3.63, 3.8) is 0 Å². The number of nitrogens with zero attached hydrogens (tertiary/aromatic N) is 1. The van der Waals surface area contributed by atoms with Crippen LogP contribution in [-0.4, -0.2) is 24.5 Å². The molecule has 1 N–H and O–H groups in total. The minimum absolute atomic E-state index is 0.00940. The average molecular weight is 394 g/mol. The fraction of sp³-hybridized carbons (Fsp3) is 0.300. The molecular weight excluding hydrogens is 373 g/mol. The van der Waals surface area contributed by atoms with Gasteiger partial charge in [-0.05, 0) is 50.2 Å². The molecular formula is C20H21F3N2O3. The van der Waals surface area contributed by atoms with E-state index in [4.69, 9.17) is 4.74 Å². The van der Waals surface area contributed by atoms with Crippen LogP contribution in [0.5, 0.6) is 5.75 Å². The van der Waals surface area contributed by atoms with E-state index in [1.807, 2.05) is 13.8 Å². The summed E-state index contributed by atoms with van der Waals surface area (Å²) in [6.45, 7) is 5.16. The lowest BCUT2D eigenvalue weighted by Crippen LogP contribution is -2.32. The summed E-state index contributed by atoms with van der Waals surface area (Å²) in [5.41, 5.74) is 0.101. The van der Waals surface area contributed by atoms with E-state index < -0.39 is 29.0 Å². The molecule has 0 aromatic heterocycles. The highest BCUT2D eigenvalue weighted by Crippen LogP contribution is 2.22. The van der Waals surface area contributed by atoms with Gasteiger partial charge in [-0.1, -0.05) is 0 Å². The predicted octanol–water partition coefficient (Wildman–Crippen LogP) is 4.27. The molecule has 0 heterocycles. The molecule has 0 saturated heterocycles. The van der Waals surface area contributed by atoms with Crippen LogP contribution >= 0.6 is 0 Å². The number of halogens is 3. The first-order valence-electron chi connectivity index (χ1n) is 8.67. The fourth-order valence-electron chi connectivity index (χ4n) is 2.49. The molecule has 0 atom stereocenters. The summed E-state index contributed by atoms with van der Waals surface area (Å²) in [4.78, 5) is 25.3. The third-order valence-electron chi connectivity index (χ3n) is 3.77. The molecule has 150 valence electrons. The number of hydrogen-bond acceptors (Lipinski definition) is 3. The lowest BCUT2D eigenvalue weighted by Gasteiger charge is -2.21. The molecule has 2 rings (SSSR count). The number of carbonyl (C=O) groups excluding carboxylic acids is 2. The average Bonchev–Trinajstić information content (AvgIpc) is 2.63. The van der Waals surface area contributed by atoms with E-state index >= 15 is 0 Å². The largest absolute Gasteiger partial charge is 0.491 e. The first-order valence-corrected chi connectivity index (χ1v) is 8.67. The van der Waals surface area contributed by atoms with Gasteiger partial charge in [-0.25, -0.2) is 13.2 Å². The summed E-state index contributed by atoms with van der Waals surface area (Å²) in [5.74, 6) is -4.76. The molecule has 2 aromatic carbocycles. The minimum Gasteiger partial charge on any atom is -0.491 e. The summed E-state index contributed by atoms with van der Waals surface area (Å²) < 4.78 is 45.4. The van der Waals surface area contributed by atoms with Gasteiger partial charge in [-0.2, -0.15) is 0 Å². The van der Waals surface area contributed by atoms with Gasteiger partial charge in [0.15, 0.2) is 17.5 Å². The van der Waals surface area contributed by atoms with Gasteiger partial charge >= 0.3 is 0 Å². The Labute approximate surface area is 161 Å². The Morgan fingerprint density at radius 1 is 1.04 bits per heavy atom. The topological polar surface area (TPSA) is 58.6 Å². The first kappa shape index (κ1) is 21.3. The second-order valence-electron chi connectivity index (χ2n) is 6.35. The van der Waals surface area contributed by atoms with Crippen molar-refractivity contribution in [2.75, 3.05) is 16.8 Å². The Morgan fingerprint density at radius 2 is 1.68 bits per heavy atom. The van der Waals surface area contributed by atoms with Crippen molar-refractivity contribution in [1.29, 1.82) is 0 Å². The molecule has 28 heavy (non-hydrogen) atoms. The summed E-state index contributed by atoms with van der Waals surface area (Å²) in [6.07, 6.45) is -0.155. The number of benzene rings is 2. The first-order chi connectivity index (χ1) is 13.2. The van der Waals surface area contributed by atoms with E-state index in [1.54, 1.807) is 24.3 Å². The van der Waals surface area contributed by atoms with Crippen molar-refractivity contribution < 1.29 is 27.5 Å². The zero-order chi connectivity index (χ0) is 20.8. The number of amides is 2. The second-order valence-corrected chi connectivity index (χ2v) is 6.35. The lowest BCUT2D eigenvalue weighted by molar-refractivity contribution is -0.117. The maximum Gasteiger partial charge on any atom is 0.226 e. The Bertz CT molecular complexity index is 855. The Kier molecular flexibility index (Phi) is 7.03. The number of anilines is 2. The van der Waals surface area contributed by atoms with Gasteiger partial charge in [0.05, 0.1) is 11.8 Å². The highest BCUT2D eigenvalue weighted by Gasteiger charge is 2.17. The number of hydrogen-bond donors (Lipinski definition) is 1. The van der Waals surface area contributed by atoms with Gasteiger partial charge in [-0.3, -0.25) is 9.59 Å². The monoisotopic (exact) mass is 394 g/mol. The van der Waals surface area contributed by atoms with Crippen LogP contribution in [0.4, 0.5) is 24.5 Å². The Hall–Kier alpha value is -3.03. The van der Waals surface area contributed by atoms with Gasteiger partial charge in [0.1, 0.15) is 5.75 Å². The molecule has 0 aliphatic rings. The SMILES string of the molecule is CC(=O)N(CCC(=O)Nc1ccc(F)c(F)c1F)c1ccc(OC(C)C)cc1. The number of carbonyl (C=O) groups is 2. The summed E-state index contributed by atoms with van der Waals surface area (Å²) in [6, 6.07) is 8.45. The normalized spacial score (nSPS) is 10.7. The van der Waals surface area contributed by atoms with E-state index in [9.17, 15) is 22.8 Å². The van der Waals surface area contributed by atoms with Crippen LogP contribution in [0.3, 0.4) is 0 Å². The lowest BCUT2D eigenvalue weighted by atomic mass is 10.2. The number of rotatable bonds is 7. The van der Waals surface area contributed by atoms with E-state index in [2.05, 4.69) is 5.32 Å². The maximum atomic E-state index is 13.6. The van der Waals surface area contributed by atoms with Crippen molar-refractivity contribution in [2.24, 2.45) is 0 Å². The van der Waals surface area contributed by atoms with Gasteiger partial charge in [0, 0.05) is 25.6 Å². The highest BCUT2D eigenvalue weighted by atomic mass is 19.2. The highest BCUT2D eigenvalue weighted by molar-refractivity contribution is 5.94. The van der Waals surface area contributed by atoms with Crippen LogP contribution in [0.1, 0.15) is 27.2 Å². The quantitative estimate of drug-likeness (QED) is 0.714. The van der Waals surface area contributed by atoms with Gasteiger partial charge in [0.2, 0.25) is 11.8 Å². The molecule has 2 amide bonds. The van der Waals surface area contributed by atoms with Gasteiger partial charge < -0.3 is 15.0 Å². The molecule has 5 nitrogen and oxygen atoms in total. The summed E-state index contributed by atoms with van der Waals surface area (Å²) in [5, 5.41) is 2.18. The molecule has 0 radical (unpaired) electrons. The number of ether oxygens (including phenoxy) is 1. The zero-order valence-corrected chi connectivity index (χ0v) is 15.8.